The summed E-state index contributed by atoms with van der Waals surface area (Å²) in [6.45, 7) is -0.849. The van der Waals surface area contributed by atoms with E-state index in [4.69, 9.17) is 21.4 Å². The molecule has 0 bridgehead atoms. The van der Waals surface area contributed by atoms with Crippen LogP contribution in [-0.2, 0) is 95.9 Å². The van der Waals surface area contributed by atoms with E-state index in [9.17, 15) is 96.2 Å². The van der Waals surface area contributed by atoms with Crippen molar-refractivity contribution in [3.63, 3.8) is 0 Å². The summed E-state index contributed by atoms with van der Waals surface area (Å²) in [5.74, 6) is -13.2. The molecule has 16 amide bonds. The van der Waals surface area contributed by atoms with Crippen molar-refractivity contribution in [3.8, 4) is 0 Å². The fourth-order valence-electron chi connectivity index (χ4n) is 8.95. The Morgan fingerprint density at radius 1 is 0.442 bits per heavy atom. The molecule has 7 aliphatic heterocycles. The van der Waals surface area contributed by atoms with E-state index in [0.29, 0.717) is 18.0 Å². The molecule has 7 aliphatic rings. The zero-order valence-electron chi connectivity index (χ0n) is 45.7. The van der Waals surface area contributed by atoms with Gasteiger partial charge in [0.1, 0.15) is 0 Å². The van der Waals surface area contributed by atoms with Gasteiger partial charge in [-0.15, -0.1) is 5.06 Å². The number of nitrogens with zero attached hydrogens (tertiary/aromatic N) is 7. The van der Waals surface area contributed by atoms with Crippen LogP contribution >= 0.6 is 0 Å². The van der Waals surface area contributed by atoms with Gasteiger partial charge >= 0.3 is 17.9 Å². The fourth-order valence-corrected chi connectivity index (χ4v) is 8.95. The monoisotopic (exact) mass is 1200 g/mol. The lowest BCUT2D eigenvalue weighted by atomic mass is 10.1. The number of nitrogens with one attached hydrogen (secondary N) is 2. The Bertz CT molecular complexity index is 2950. The molecule has 7 rings (SSSR count). The maximum atomic E-state index is 13.0. The SMILES string of the molecule is NCC(N)CCC(=O)O.O=C(CCC(CN1C(=O)C=CC1=O)N1C(=O)C=CC1=O)ON1C(=O)CCC1=O.O=C(O)CCC(CNC(=O)CCC(CN1C(=O)C=CC1=O)N1C(=O)C=CC1=O)NC(=O)CCC(CN1C(=O)C=CC1=O)N1C(=O)C=CC1=O. The molecule has 0 spiro atoms. The highest BCUT2D eigenvalue weighted by Crippen LogP contribution is 2.22. The van der Waals surface area contributed by atoms with E-state index in [1.54, 1.807) is 0 Å². The van der Waals surface area contributed by atoms with E-state index < -0.39 is 137 Å². The number of carboxylic acids is 2. The number of nitrogens with two attached hydrogens (primary N) is 2. The number of imide groups is 7. The number of carbonyl (C=O) groups is 19. The van der Waals surface area contributed by atoms with Crippen molar-refractivity contribution in [3.05, 3.63) is 72.9 Å². The summed E-state index contributed by atoms with van der Waals surface area (Å²) in [5.41, 5.74) is 10.5. The first-order chi connectivity index (χ1) is 40.7. The molecule has 86 heavy (non-hydrogen) atoms. The van der Waals surface area contributed by atoms with Gasteiger partial charge in [-0.3, -0.25) is 116 Å². The summed E-state index contributed by atoms with van der Waals surface area (Å²) >= 11 is 0. The number of hydroxylamine groups is 2. The molecule has 0 radical (unpaired) electrons. The standard InChI is InChI=1S/C31H32N6O12.C17H15N3O8.C5H12N2O2/c38-21(4-2-19(36-27(44)10-11-28(36)45)16-34-23(40)6-7-24(34)41)32-15-18(1-14-31(48)49)33-22(39)5-3-20(37-29(46)12-13-30(37)47)17-35-25(42)8-9-26(35)43;21-11-2-3-12(22)18(11)9-10(19-13(23)4-5-14(19)24)1-8-17(27)28-20-15(25)6-7-16(20)26;6-3-4(7)1-2-5(8)9/h6-13,18-20H,1-5,14-17H2,(H,32,38)(H,33,39)(H,48,49);2-5,10H,1,6-9H2;4H,1-3,6-7H2,(H,8,9). The minimum absolute atomic E-state index is 0.0522. The lowest BCUT2D eigenvalue weighted by Crippen LogP contribution is -2.49. The summed E-state index contributed by atoms with van der Waals surface area (Å²) in [4.78, 5) is 237. The average molecular weight is 1200 g/mol. The molecular formula is C53H59N11O22. The number of amides is 16. The van der Waals surface area contributed by atoms with Gasteiger partial charge in [0, 0.05) is 137 Å². The van der Waals surface area contributed by atoms with Crippen LogP contribution in [0.2, 0.25) is 0 Å². The van der Waals surface area contributed by atoms with Crippen molar-refractivity contribution in [2.45, 2.75) is 107 Å². The number of rotatable bonds is 29. The number of hydrogen-bond acceptors (Lipinski definition) is 22. The Balaban J connectivity index is 0.000000304. The van der Waals surface area contributed by atoms with E-state index in [-0.39, 0.29) is 103 Å². The predicted octanol–water partition coefficient (Wildman–Crippen LogP) is -4.82. The molecule has 33 heteroatoms. The highest BCUT2D eigenvalue weighted by molar-refractivity contribution is 6.17. The first-order valence-electron chi connectivity index (χ1n) is 26.5. The van der Waals surface area contributed by atoms with Crippen LogP contribution in [0, 0.1) is 0 Å². The van der Waals surface area contributed by atoms with Gasteiger partial charge in [0.05, 0.1) is 44.2 Å². The van der Waals surface area contributed by atoms with Gasteiger partial charge in [-0.25, -0.2) is 4.79 Å². The number of hydrogen-bond donors (Lipinski definition) is 6. The average Bonchev–Trinajstić information content (AvgIpc) is 2.87. The number of carbonyl (C=O) groups excluding carboxylic acids is 17. The minimum Gasteiger partial charge on any atom is -0.481 e. The van der Waals surface area contributed by atoms with E-state index in [0.717, 1.165) is 102 Å². The van der Waals surface area contributed by atoms with Gasteiger partial charge in [-0.2, -0.15) is 0 Å². The first kappa shape index (κ1) is 66.5. The van der Waals surface area contributed by atoms with Gasteiger partial charge in [-0.1, -0.05) is 0 Å². The largest absolute Gasteiger partial charge is 0.481 e. The molecule has 8 N–H and O–H groups in total. The second kappa shape index (κ2) is 30.8. The van der Waals surface area contributed by atoms with Crippen LogP contribution < -0.4 is 22.1 Å². The minimum atomic E-state index is -1.17. The predicted molar refractivity (Wildman–Crippen MR) is 283 cm³/mol. The van der Waals surface area contributed by atoms with Gasteiger partial charge in [0.2, 0.25) is 11.8 Å². The van der Waals surface area contributed by atoms with Gasteiger partial charge < -0.3 is 37.2 Å². The highest BCUT2D eigenvalue weighted by atomic mass is 16.7. The van der Waals surface area contributed by atoms with E-state index in [1.165, 1.54) is 0 Å². The van der Waals surface area contributed by atoms with Crippen LogP contribution in [0.25, 0.3) is 0 Å². The van der Waals surface area contributed by atoms with Gasteiger partial charge in [0.25, 0.3) is 82.7 Å². The quantitative estimate of drug-likeness (QED) is 0.0383. The van der Waals surface area contributed by atoms with Crippen LogP contribution in [0.1, 0.15) is 77.0 Å². The van der Waals surface area contributed by atoms with E-state index in [1.807, 2.05) is 0 Å². The Hall–Kier alpha value is -10.3. The lowest BCUT2D eigenvalue weighted by molar-refractivity contribution is -0.197. The molecule has 458 valence electrons. The van der Waals surface area contributed by atoms with Crippen molar-refractivity contribution < 1.29 is 106 Å². The number of aliphatic carboxylic acids is 2. The smallest absolute Gasteiger partial charge is 0.333 e. The normalized spacial score (nSPS) is 18.7. The maximum absolute atomic E-state index is 13.0. The molecule has 7 heterocycles. The van der Waals surface area contributed by atoms with Crippen LogP contribution in [0.3, 0.4) is 0 Å². The van der Waals surface area contributed by atoms with Crippen LogP contribution in [-0.4, -0.2) is 220 Å². The Labute approximate surface area is 486 Å². The topological polar surface area (TPSA) is 473 Å². The maximum Gasteiger partial charge on any atom is 0.333 e. The third-order valence-corrected chi connectivity index (χ3v) is 13.4. The van der Waals surface area contributed by atoms with Crippen molar-refractivity contribution in [2.24, 2.45) is 11.5 Å². The van der Waals surface area contributed by atoms with Gasteiger partial charge in [0.15, 0.2) is 0 Å². The molecule has 33 nitrogen and oxygen atoms in total. The van der Waals surface area contributed by atoms with E-state index in [2.05, 4.69) is 10.6 Å². The molecule has 5 atom stereocenters. The van der Waals surface area contributed by atoms with Crippen molar-refractivity contribution in [2.75, 3.05) is 32.7 Å². The highest BCUT2D eigenvalue weighted by Gasteiger charge is 2.40. The molecule has 0 aromatic rings. The molecule has 0 aromatic heterocycles. The van der Waals surface area contributed by atoms with Crippen molar-refractivity contribution in [1.29, 1.82) is 0 Å². The Morgan fingerprint density at radius 2 is 0.756 bits per heavy atom. The zero-order chi connectivity index (χ0) is 63.5. The first-order valence-corrected chi connectivity index (χ1v) is 26.5. The third-order valence-electron chi connectivity index (χ3n) is 13.4. The van der Waals surface area contributed by atoms with Crippen LogP contribution in [0.15, 0.2) is 72.9 Å². The van der Waals surface area contributed by atoms with Crippen molar-refractivity contribution in [1.82, 2.24) is 45.1 Å². The van der Waals surface area contributed by atoms with Gasteiger partial charge in [-0.05, 0) is 32.1 Å². The molecule has 0 saturated carbocycles. The third kappa shape index (κ3) is 18.6. The summed E-state index contributed by atoms with van der Waals surface area (Å²) in [5, 5.41) is 22.9. The Morgan fingerprint density at radius 3 is 1.09 bits per heavy atom. The molecule has 0 aromatic carbocycles. The summed E-state index contributed by atoms with van der Waals surface area (Å²) in [6, 6.07) is -4.08. The lowest BCUT2D eigenvalue weighted by Gasteiger charge is -2.29. The van der Waals surface area contributed by atoms with Crippen LogP contribution in [0.4, 0.5) is 0 Å². The molecule has 0 aliphatic carbocycles. The Kier molecular flexibility index (Phi) is 23.8. The molecule has 5 unspecified atom stereocenters. The second-order valence-corrected chi connectivity index (χ2v) is 19.6. The number of carboxylic acid groups (broad SMARTS) is 2. The van der Waals surface area contributed by atoms with E-state index >= 15 is 0 Å². The summed E-state index contributed by atoms with van der Waals surface area (Å²) in [7, 11) is 0. The van der Waals surface area contributed by atoms with Crippen LogP contribution in [0.5, 0.6) is 0 Å². The zero-order valence-corrected chi connectivity index (χ0v) is 45.7. The molecular weight excluding hydrogens is 1140 g/mol. The fraction of sp³-hybridized carbons (Fsp3) is 0.415. The molecule has 1 saturated heterocycles. The summed E-state index contributed by atoms with van der Waals surface area (Å²) < 4.78 is 0. The summed E-state index contributed by atoms with van der Waals surface area (Å²) in [6.07, 6.45) is 11.1. The second-order valence-electron chi connectivity index (χ2n) is 19.6. The van der Waals surface area contributed by atoms with Crippen molar-refractivity contribution >= 4 is 112 Å². The molecule has 1 fully saturated rings.